The third kappa shape index (κ3) is 5.31. The molecule has 4 heterocycles. The Kier molecular flexibility index (Phi) is 9.03. The fourth-order valence-electron chi connectivity index (χ4n) is 7.75. The average molecular weight is 685 g/mol. The molecule has 3 aromatic carbocycles. The molecule has 7 rings (SSSR count). The van der Waals surface area contributed by atoms with E-state index in [1.807, 2.05) is 29.2 Å². The number of rotatable bonds is 10. The quantitative estimate of drug-likeness (QED) is 0.195. The molecule has 3 aliphatic rings. The van der Waals surface area contributed by atoms with Crippen molar-refractivity contribution in [3.8, 4) is 11.5 Å². The number of fused-ring (bicyclic) bond motifs is 6. The summed E-state index contributed by atoms with van der Waals surface area (Å²) < 4.78 is 13.6. The Morgan fingerprint density at radius 2 is 1.38 bits per heavy atom. The van der Waals surface area contributed by atoms with E-state index < -0.39 is 36.2 Å². The van der Waals surface area contributed by atoms with Gasteiger partial charge in [-0.1, -0.05) is 35.5 Å². The van der Waals surface area contributed by atoms with Gasteiger partial charge in [-0.3, -0.25) is 4.79 Å². The Balaban J connectivity index is 1.35. The van der Waals surface area contributed by atoms with Crippen molar-refractivity contribution in [2.75, 3.05) is 36.0 Å². The number of benzene rings is 3. The van der Waals surface area contributed by atoms with Crippen LogP contribution >= 0.6 is 0 Å². The van der Waals surface area contributed by atoms with E-state index in [1.165, 1.54) is 4.68 Å². The minimum Gasteiger partial charge on any atom is -0.456 e. The lowest BCUT2D eigenvalue weighted by Crippen LogP contribution is -2.58. The molecule has 3 aliphatic heterocycles. The van der Waals surface area contributed by atoms with Gasteiger partial charge in [0.05, 0.1) is 19.3 Å². The summed E-state index contributed by atoms with van der Waals surface area (Å²) in [6.45, 7) is 11.8. The molecule has 0 bridgehead atoms. The molecule has 50 heavy (non-hydrogen) atoms. The summed E-state index contributed by atoms with van der Waals surface area (Å²) in [5, 5.41) is 49.2. The smallest absolute Gasteiger partial charge is 0.255 e. The van der Waals surface area contributed by atoms with E-state index >= 15 is 0 Å². The van der Waals surface area contributed by atoms with E-state index in [9.17, 15) is 25.2 Å². The lowest BCUT2D eigenvalue weighted by atomic mass is 9.74. The molecule has 13 heteroatoms. The van der Waals surface area contributed by atoms with Crippen molar-refractivity contribution < 1.29 is 34.7 Å². The summed E-state index contributed by atoms with van der Waals surface area (Å²) in [5.41, 5.74) is 4.56. The number of carbonyl (C=O) groups is 1. The summed E-state index contributed by atoms with van der Waals surface area (Å²) in [6, 6.07) is 20.1. The van der Waals surface area contributed by atoms with Crippen molar-refractivity contribution >= 4 is 17.3 Å². The molecule has 1 amide bonds. The summed E-state index contributed by atoms with van der Waals surface area (Å²) in [7, 11) is 0. The Labute approximate surface area is 290 Å². The van der Waals surface area contributed by atoms with Crippen molar-refractivity contribution in [3.63, 3.8) is 0 Å². The van der Waals surface area contributed by atoms with Crippen LogP contribution in [0.25, 0.3) is 0 Å². The van der Waals surface area contributed by atoms with E-state index in [4.69, 9.17) is 9.47 Å². The van der Waals surface area contributed by atoms with E-state index in [-0.39, 0.29) is 19.0 Å². The van der Waals surface area contributed by atoms with Crippen LogP contribution in [0.2, 0.25) is 0 Å². The molecule has 1 aromatic heterocycles. The molecular formula is C37H44N6O7. The molecular weight excluding hydrogens is 640 g/mol. The Morgan fingerprint density at radius 1 is 0.780 bits per heavy atom. The van der Waals surface area contributed by atoms with Crippen molar-refractivity contribution in [1.29, 1.82) is 0 Å². The van der Waals surface area contributed by atoms with Gasteiger partial charge in [0, 0.05) is 66.4 Å². The number of hydrogen-bond donors (Lipinski definition) is 4. The number of aliphatic hydroxyl groups is 4. The number of aromatic nitrogens is 3. The highest BCUT2D eigenvalue weighted by molar-refractivity contribution is 6.02. The van der Waals surface area contributed by atoms with Gasteiger partial charge >= 0.3 is 0 Å². The molecule has 1 saturated heterocycles. The zero-order valence-corrected chi connectivity index (χ0v) is 28.7. The van der Waals surface area contributed by atoms with Gasteiger partial charge in [0.2, 0.25) is 0 Å². The summed E-state index contributed by atoms with van der Waals surface area (Å²) in [4.78, 5) is 20.9. The number of aliphatic hydroxyl groups excluding tert-OH is 4. The highest BCUT2D eigenvalue weighted by Gasteiger charge is 2.56. The second-order valence-corrected chi connectivity index (χ2v) is 12.9. The maximum absolute atomic E-state index is 14.6. The number of carbonyl (C=O) groups excluding carboxylic acids is 1. The number of ether oxygens (including phenoxy) is 2. The minimum atomic E-state index is -1.67. The predicted molar refractivity (Wildman–Crippen MR) is 185 cm³/mol. The number of hydrogen-bond acceptors (Lipinski definition) is 11. The molecule has 4 N–H and O–H groups in total. The predicted octanol–water partition coefficient (Wildman–Crippen LogP) is 2.82. The van der Waals surface area contributed by atoms with Gasteiger partial charge < -0.3 is 44.6 Å². The molecule has 4 aromatic rings. The Hall–Kier alpha value is -4.53. The van der Waals surface area contributed by atoms with Crippen LogP contribution in [0.1, 0.15) is 60.4 Å². The van der Waals surface area contributed by atoms with Crippen LogP contribution in [0.3, 0.4) is 0 Å². The largest absolute Gasteiger partial charge is 0.456 e. The van der Waals surface area contributed by atoms with E-state index in [1.54, 1.807) is 6.20 Å². The van der Waals surface area contributed by atoms with E-state index in [0.717, 1.165) is 54.2 Å². The SMILES string of the molecule is CCN(CC)c1ccc2c(c1)Oc1cc(N(CC)CC)ccc1C21c2ccccc2C(=O)N1Cc1cn(CC2OC(O)C(O)C(O)C2O)nn1. The third-order valence-corrected chi connectivity index (χ3v) is 10.3. The first-order valence-electron chi connectivity index (χ1n) is 17.3. The van der Waals surface area contributed by atoms with Crippen LogP contribution in [0.15, 0.2) is 66.9 Å². The number of anilines is 2. The van der Waals surface area contributed by atoms with Crippen LogP contribution < -0.4 is 14.5 Å². The van der Waals surface area contributed by atoms with Crippen LogP contribution in [-0.4, -0.2) is 103 Å². The maximum Gasteiger partial charge on any atom is 0.255 e. The standard InChI is InChI=1S/C37H44N6O7/c1-5-40(6-2)23-13-15-27-29(17-23)49-30-18-24(41(7-3)8-4)14-16-28(30)37(27)26-12-10-9-11-25(26)35(47)43(37)20-22-19-42(39-38-22)21-31-32(44)33(45)34(46)36(48)50-31/h9-19,31-34,36,44-46,48H,5-8,20-21H2,1-4H3. The van der Waals surface area contributed by atoms with Gasteiger partial charge in [0.1, 0.15) is 47.1 Å². The fraction of sp³-hybridized carbons (Fsp3) is 0.432. The molecule has 0 saturated carbocycles. The van der Waals surface area contributed by atoms with E-state index in [0.29, 0.717) is 22.8 Å². The van der Waals surface area contributed by atoms with Crippen molar-refractivity contribution in [1.82, 2.24) is 19.9 Å². The van der Waals surface area contributed by atoms with Crippen LogP contribution in [0.5, 0.6) is 11.5 Å². The minimum absolute atomic E-state index is 0.0594. The maximum atomic E-state index is 14.6. The molecule has 0 radical (unpaired) electrons. The van der Waals surface area contributed by atoms with Gasteiger partial charge in [-0.2, -0.15) is 0 Å². The number of nitrogens with zero attached hydrogens (tertiary/aromatic N) is 6. The Morgan fingerprint density at radius 3 is 1.98 bits per heavy atom. The summed E-state index contributed by atoms with van der Waals surface area (Å²) >= 11 is 0. The topological polar surface area (TPSA) is 157 Å². The molecule has 264 valence electrons. The first-order valence-corrected chi connectivity index (χ1v) is 17.3. The fourth-order valence-corrected chi connectivity index (χ4v) is 7.75. The molecule has 5 atom stereocenters. The monoisotopic (exact) mass is 684 g/mol. The summed E-state index contributed by atoms with van der Waals surface area (Å²) in [5.74, 6) is 1.17. The summed E-state index contributed by atoms with van der Waals surface area (Å²) in [6.07, 6.45) is -5.76. The first-order chi connectivity index (χ1) is 24.2. The lowest BCUT2D eigenvalue weighted by Gasteiger charge is -2.44. The molecule has 0 aliphatic carbocycles. The molecule has 5 unspecified atom stereocenters. The van der Waals surface area contributed by atoms with Gasteiger partial charge in [-0.05, 0) is 51.5 Å². The van der Waals surface area contributed by atoms with E-state index in [2.05, 4.69) is 84.2 Å². The zero-order chi connectivity index (χ0) is 35.3. The normalized spacial score (nSPS) is 23.3. The molecule has 1 spiro atoms. The van der Waals surface area contributed by atoms with Crippen LogP contribution in [0, 0.1) is 0 Å². The van der Waals surface area contributed by atoms with Gasteiger partial charge in [0.25, 0.3) is 5.91 Å². The van der Waals surface area contributed by atoms with Crippen molar-refractivity contribution in [2.24, 2.45) is 0 Å². The highest BCUT2D eigenvalue weighted by atomic mass is 16.6. The van der Waals surface area contributed by atoms with Crippen molar-refractivity contribution in [3.05, 3.63) is 94.8 Å². The highest BCUT2D eigenvalue weighted by Crippen LogP contribution is 2.58. The Bertz CT molecular complexity index is 1810. The van der Waals surface area contributed by atoms with Crippen LogP contribution in [0.4, 0.5) is 11.4 Å². The molecule has 1 fully saturated rings. The first kappa shape index (κ1) is 33.9. The van der Waals surface area contributed by atoms with Gasteiger partial charge in [0.15, 0.2) is 6.29 Å². The molecule has 13 nitrogen and oxygen atoms in total. The second-order valence-electron chi connectivity index (χ2n) is 12.9. The second kappa shape index (κ2) is 13.3. The average Bonchev–Trinajstić information content (AvgIpc) is 3.67. The van der Waals surface area contributed by atoms with Crippen molar-refractivity contribution in [2.45, 2.75) is 77.0 Å². The van der Waals surface area contributed by atoms with Crippen LogP contribution in [-0.2, 0) is 23.4 Å². The van der Waals surface area contributed by atoms with Gasteiger partial charge in [-0.25, -0.2) is 4.68 Å². The van der Waals surface area contributed by atoms with Gasteiger partial charge in [-0.15, -0.1) is 5.10 Å². The third-order valence-electron chi connectivity index (χ3n) is 10.3. The lowest BCUT2D eigenvalue weighted by molar-refractivity contribution is -0.284. The zero-order valence-electron chi connectivity index (χ0n) is 28.7. The number of amides is 1.